The first-order valence-electron chi connectivity index (χ1n) is 10.2. The molecule has 1 aliphatic rings. The van der Waals surface area contributed by atoms with E-state index in [1.54, 1.807) is 14.2 Å². The summed E-state index contributed by atoms with van der Waals surface area (Å²) >= 11 is 0. The summed E-state index contributed by atoms with van der Waals surface area (Å²) in [5.74, 6) is 1.63. The van der Waals surface area contributed by atoms with Gasteiger partial charge in [-0.1, -0.05) is 19.9 Å². The number of benzene rings is 1. The van der Waals surface area contributed by atoms with Crippen molar-refractivity contribution in [3.63, 3.8) is 0 Å². The standard InChI is InChI=1S/C23H32N2O4/c1-17(2)22(18-7-8-19(27-3)20(15-18)28-4)24-21(26)16-23(9-13-29-14-10-23)25-11-5-6-12-25/h5-8,11-12,15,17,22H,9-10,13-14,16H2,1-4H3,(H,24,26). The van der Waals surface area contributed by atoms with E-state index in [0.717, 1.165) is 18.4 Å². The van der Waals surface area contributed by atoms with Crippen molar-refractivity contribution in [1.29, 1.82) is 0 Å². The summed E-state index contributed by atoms with van der Waals surface area (Å²) < 4.78 is 18.5. The van der Waals surface area contributed by atoms with E-state index in [-0.39, 0.29) is 23.4 Å². The Bertz CT molecular complexity index is 795. The number of hydrogen-bond donors (Lipinski definition) is 1. The van der Waals surface area contributed by atoms with E-state index in [0.29, 0.717) is 31.1 Å². The Morgan fingerprint density at radius 1 is 1.14 bits per heavy atom. The van der Waals surface area contributed by atoms with Gasteiger partial charge in [-0.3, -0.25) is 4.79 Å². The third-order valence-corrected chi connectivity index (χ3v) is 5.82. The van der Waals surface area contributed by atoms with Gasteiger partial charge in [-0.2, -0.15) is 0 Å². The van der Waals surface area contributed by atoms with Gasteiger partial charge in [0.2, 0.25) is 5.91 Å². The van der Waals surface area contributed by atoms with Gasteiger partial charge in [-0.05, 0) is 48.6 Å². The molecule has 1 saturated heterocycles. The summed E-state index contributed by atoms with van der Waals surface area (Å²) in [5, 5.41) is 3.27. The van der Waals surface area contributed by atoms with Crippen LogP contribution in [0.2, 0.25) is 0 Å². The van der Waals surface area contributed by atoms with Crippen molar-refractivity contribution in [2.24, 2.45) is 5.92 Å². The zero-order valence-electron chi connectivity index (χ0n) is 17.8. The number of nitrogens with one attached hydrogen (secondary N) is 1. The molecular weight excluding hydrogens is 368 g/mol. The van der Waals surface area contributed by atoms with Crippen molar-refractivity contribution in [2.75, 3.05) is 27.4 Å². The van der Waals surface area contributed by atoms with Gasteiger partial charge < -0.3 is 24.1 Å². The molecule has 29 heavy (non-hydrogen) atoms. The van der Waals surface area contributed by atoms with Crippen molar-refractivity contribution >= 4 is 5.91 Å². The lowest BCUT2D eigenvalue weighted by Crippen LogP contribution is -2.44. The van der Waals surface area contributed by atoms with Crippen LogP contribution in [0.3, 0.4) is 0 Å². The molecule has 0 spiro atoms. The number of hydrogen-bond acceptors (Lipinski definition) is 4. The molecule has 0 radical (unpaired) electrons. The van der Waals surface area contributed by atoms with E-state index < -0.39 is 0 Å². The van der Waals surface area contributed by atoms with Crippen molar-refractivity contribution in [2.45, 2.75) is 44.7 Å². The second-order valence-electron chi connectivity index (χ2n) is 8.01. The molecule has 6 heteroatoms. The molecule has 0 aliphatic carbocycles. The van der Waals surface area contributed by atoms with Crippen LogP contribution in [0.15, 0.2) is 42.7 Å². The zero-order valence-corrected chi connectivity index (χ0v) is 17.8. The fourth-order valence-electron chi connectivity index (χ4n) is 4.13. The van der Waals surface area contributed by atoms with Crippen LogP contribution in [-0.2, 0) is 15.1 Å². The fraction of sp³-hybridized carbons (Fsp3) is 0.522. The van der Waals surface area contributed by atoms with Crippen LogP contribution in [-0.4, -0.2) is 37.9 Å². The Kier molecular flexibility index (Phi) is 6.85. The number of methoxy groups -OCH3 is 2. The molecule has 1 aromatic heterocycles. The van der Waals surface area contributed by atoms with Gasteiger partial charge >= 0.3 is 0 Å². The normalized spacial score (nSPS) is 17.0. The Balaban J connectivity index is 1.79. The Morgan fingerprint density at radius 3 is 2.38 bits per heavy atom. The lowest BCUT2D eigenvalue weighted by molar-refractivity contribution is -0.125. The summed E-state index contributed by atoms with van der Waals surface area (Å²) in [6, 6.07) is 9.73. The maximum absolute atomic E-state index is 13.2. The minimum absolute atomic E-state index is 0.0501. The SMILES string of the molecule is COc1ccc(C(NC(=O)CC2(n3cccc3)CCOCC2)C(C)C)cc1OC. The number of rotatable bonds is 8. The Hall–Kier alpha value is -2.47. The van der Waals surface area contributed by atoms with Gasteiger partial charge in [0.15, 0.2) is 11.5 Å². The van der Waals surface area contributed by atoms with Crippen LogP contribution in [0, 0.1) is 5.92 Å². The van der Waals surface area contributed by atoms with E-state index in [1.807, 2.05) is 42.7 Å². The van der Waals surface area contributed by atoms with E-state index in [1.165, 1.54) is 0 Å². The third-order valence-electron chi connectivity index (χ3n) is 5.82. The monoisotopic (exact) mass is 400 g/mol. The van der Waals surface area contributed by atoms with Gasteiger partial charge in [-0.15, -0.1) is 0 Å². The summed E-state index contributed by atoms with van der Waals surface area (Å²) in [6.07, 6.45) is 6.19. The second kappa shape index (κ2) is 9.35. The Labute approximate surface area is 173 Å². The zero-order chi connectivity index (χ0) is 20.9. The summed E-state index contributed by atoms with van der Waals surface area (Å²) in [5.41, 5.74) is 0.776. The number of ether oxygens (including phenoxy) is 3. The molecule has 0 bridgehead atoms. The van der Waals surface area contributed by atoms with Crippen LogP contribution in [0.4, 0.5) is 0 Å². The number of carbonyl (C=O) groups is 1. The first kappa shape index (κ1) is 21.2. The molecule has 1 amide bonds. The number of aromatic nitrogens is 1. The fourth-order valence-corrected chi connectivity index (χ4v) is 4.13. The predicted octanol–water partition coefficient (Wildman–Crippen LogP) is 3.91. The summed E-state index contributed by atoms with van der Waals surface area (Å²) in [4.78, 5) is 13.2. The minimum atomic E-state index is -0.231. The van der Waals surface area contributed by atoms with Crippen molar-refractivity contribution < 1.29 is 19.0 Å². The highest BCUT2D eigenvalue weighted by molar-refractivity contribution is 5.77. The summed E-state index contributed by atoms with van der Waals surface area (Å²) in [7, 11) is 3.24. The molecule has 3 rings (SSSR count). The molecule has 1 N–H and O–H groups in total. The van der Waals surface area contributed by atoms with Crippen LogP contribution in [0.1, 0.15) is 44.7 Å². The van der Waals surface area contributed by atoms with E-state index >= 15 is 0 Å². The number of amides is 1. The Morgan fingerprint density at radius 2 is 1.79 bits per heavy atom. The van der Waals surface area contributed by atoms with Crippen molar-refractivity contribution in [3.8, 4) is 11.5 Å². The first-order valence-corrected chi connectivity index (χ1v) is 10.2. The van der Waals surface area contributed by atoms with Gasteiger partial charge in [-0.25, -0.2) is 0 Å². The van der Waals surface area contributed by atoms with Gasteiger partial charge in [0.25, 0.3) is 0 Å². The van der Waals surface area contributed by atoms with Crippen molar-refractivity contribution in [3.05, 3.63) is 48.3 Å². The van der Waals surface area contributed by atoms with Crippen LogP contribution >= 0.6 is 0 Å². The van der Waals surface area contributed by atoms with Crippen LogP contribution in [0.5, 0.6) is 11.5 Å². The highest BCUT2D eigenvalue weighted by Gasteiger charge is 2.36. The molecule has 6 nitrogen and oxygen atoms in total. The van der Waals surface area contributed by atoms with Gasteiger partial charge in [0.05, 0.1) is 32.2 Å². The summed E-state index contributed by atoms with van der Waals surface area (Å²) in [6.45, 7) is 5.57. The maximum atomic E-state index is 13.2. The topological polar surface area (TPSA) is 61.7 Å². The molecule has 1 atom stereocenters. The molecule has 0 saturated carbocycles. The molecule has 2 heterocycles. The lowest BCUT2D eigenvalue weighted by Gasteiger charge is -2.39. The quantitative estimate of drug-likeness (QED) is 0.730. The molecule has 1 unspecified atom stereocenters. The average molecular weight is 401 g/mol. The van der Waals surface area contributed by atoms with Gasteiger partial charge in [0.1, 0.15) is 0 Å². The first-order chi connectivity index (χ1) is 14.0. The molecular formula is C23H32N2O4. The van der Waals surface area contributed by atoms with E-state index in [4.69, 9.17) is 14.2 Å². The number of nitrogens with zero attached hydrogens (tertiary/aromatic N) is 1. The van der Waals surface area contributed by atoms with E-state index in [9.17, 15) is 4.79 Å². The molecule has 158 valence electrons. The number of carbonyl (C=O) groups excluding carboxylic acids is 1. The minimum Gasteiger partial charge on any atom is -0.493 e. The second-order valence-corrected chi connectivity index (χ2v) is 8.01. The van der Waals surface area contributed by atoms with Gasteiger partial charge in [0, 0.05) is 25.6 Å². The average Bonchev–Trinajstić information content (AvgIpc) is 3.27. The van der Waals surface area contributed by atoms with Crippen LogP contribution in [0.25, 0.3) is 0 Å². The third kappa shape index (κ3) is 4.75. The lowest BCUT2D eigenvalue weighted by atomic mass is 9.85. The predicted molar refractivity (Wildman–Crippen MR) is 112 cm³/mol. The van der Waals surface area contributed by atoms with E-state index in [2.05, 4.69) is 23.7 Å². The highest BCUT2D eigenvalue weighted by Crippen LogP contribution is 2.35. The molecule has 1 fully saturated rings. The molecule has 1 aromatic carbocycles. The highest BCUT2D eigenvalue weighted by atomic mass is 16.5. The van der Waals surface area contributed by atoms with Crippen molar-refractivity contribution in [1.82, 2.24) is 9.88 Å². The molecule has 2 aromatic rings. The largest absolute Gasteiger partial charge is 0.493 e. The van der Waals surface area contributed by atoms with Crippen LogP contribution < -0.4 is 14.8 Å². The smallest absolute Gasteiger partial charge is 0.222 e. The maximum Gasteiger partial charge on any atom is 0.222 e. The molecule has 1 aliphatic heterocycles.